The van der Waals surface area contributed by atoms with E-state index >= 15 is 0 Å². The summed E-state index contributed by atoms with van der Waals surface area (Å²) in [5.74, 6) is -0.263. The van der Waals surface area contributed by atoms with Crippen molar-refractivity contribution < 1.29 is 4.39 Å². The highest BCUT2D eigenvalue weighted by Crippen LogP contribution is 2.18. The molecule has 84 valence electrons. The SMILES string of the molecule is CC(N)c1cn(-c2ccc(F)cc2I)nn1. The van der Waals surface area contributed by atoms with E-state index in [1.54, 1.807) is 16.9 Å². The van der Waals surface area contributed by atoms with Gasteiger partial charge in [0.2, 0.25) is 0 Å². The summed E-state index contributed by atoms with van der Waals surface area (Å²) in [6.07, 6.45) is 1.75. The number of hydrogen-bond donors (Lipinski definition) is 1. The third kappa shape index (κ3) is 2.22. The lowest BCUT2D eigenvalue weighted by Crippen LogP contribution is -2.05. The van der Waals surface area contributed by atoms with Crippen LogP contribution in [0, 0.1) is 9.39 Å². The highest BCUT2D eigenvalue weighted by molar-refractivity contribution is 14.1. The second kappa shape index (κ2) is 4.46. The van der Waals surface area contributed by atoms with Crippen LogP contribution in [0.2, 0.25) is 0 Å². The Morgan fingerprint density at radius 1 is 1.50 bits per heavy atom. The molecule has 0 radical (unpaired) electrons. The quantitative estimate of drug-likeness (QED) is 0.857. The van der Waals surface area contributed by atoms with E-state index in [4.69, 9.17) is 5.73 Å². The molecule has 1 aromatic heterocycles. The summed E-state index contributed by atoms with van der Waals surface area (Å²) in [5, 5.41) is 7.90. The first-order valence-corrected chi connectivity index (χ1v) is 5.79. The fraction of sp³-hybridized carbons (Fsp3) is 0.200. The van der Waals surface area contributed by atoms with Gasteiger partial charge >= 0.3 is 0 Å². The van der Waals surface area contributed by atoms with Gasteiger partial charge in [0.25, 0.3) is 0 Å². The molecule has 0 aliphatic heterocycles. The normalized spacial score (nSPS) is 12.8. The van der Waals surface area contributed by atoms with Gasteiger partial charge < -0.3 is 5.73 Å². The summed E-state index contributed by atoms with van der Waals surface area (Å²) < 4.78 is 15.3. The lowest BCUT2D eigenvalue weighted by Gasteiger charge is -2.03. The molecular formula is C10H10FIN4. The van der Waals surface area contributed by atoms with E-state index < -0.39 is 0 Å². The predicted molar refractivity (Wildman–Crippen MR) is 66.6 cm³/mol. The molecule has 4 nitrogen and oxygen atoms in total. The van der Waals surface area contributed by atoms with Gasteiger partial charge in [-0.15, -0.1) is 5.10 Å². The topological polar surface area (TPSA) is 56.7 Å². The van der Waals surface area contributed by atoms with Gasteiger partial charge in [-0.1, -0.05) is 5.21 Å². The van der Waals surface area contributed by atoms with Crippen LogP contribution in [0.5, 0.6) is 0 Å². The van der Waals surface area contributed by atoms with E-state index in [2.05, 4.69) is 32.9 Å². The van der Waals surface area contributed by atoms with Crippen molar-refractivity contribution in [2.24, 2.45) is 5.73 Å². The minimum atomic E-state index is -0.263. The van der Waals surface area contributed by atoms with Crippen molar-refractivity contribution in [2.45, 2.75) is 13.0 Å². The second-order valence-electron chi connectivity index (χ2n) is 3.47. The van der Waals surface area contributed by atoms with Gasteiger partial charge in [-0.05, 0) is 47.7 Å². The molecule has 2 rings (SSSR count). The Morgan fingerprint density at radius 2 is 2.25 bits per heavy atom. The summed E-state index contributed by atoms with van der Waals surface area (Å²) in [5.41, 5.74) is 7.19. The van der Waals surface area contributed by atoms with Crippen LogP contribution in [0.1, 0.15) is 18.7 Å². The summed E-state index contributed by atoms with van der Waals surface area (Å²) in [7, 11) is 0. The Kier molecular flexibility index (Phi) is 3.20. The predicted octanol–water partition coefficient (Wildman–Crippen LogP) is 2.03. The molecule has 0 amide bonds. The van der Waals surface area contributed by atoms with Crippen molar-refractivity contribution in [3.8, 4) is 5.69 Å². The molecular weight excluding hydrogens is 322 g/mol. The van der Waals surface area contributed by atoms with E-state index in [1.807, 2.05) is 6.92 Å². The Bertz CT molecular complexity index is 509. The molecule has 0 aliphatic rings. The molecule has 0 saturated heterocycles. The van der Waals surface area contributed by atoms with Crippen LogP contribution in [-0.2, 0) is 0 Å². The Labute approximate surface area is 106 Å². The average molecular weight is 332 g/mol. The zero-order chi connectivity index (χ0) is 11.7. The van der Waals surface area contributed by atoms with Crippen LogP contribution >= 0.6 is 22.6 Å². The van der Waals surface area contributed by atoms with Crippen LogP contribution in [0.25, 0.3) is 5.69 Å². The number of nitrogens with two attached hydrogens (primary N) is 1. The van der Waals surface area contributed by atoms with Gasteiger partial charge in [0.05, 0.1) is 17.6 Å². The monoisotopic (exact) mass is 332 g/mol. The van der Waals surface area contributed by atoms with Crippen molar-refractivity contribution in [3.05, 3.63) is 39.5 Å². The van der Waals surface area contributed by atoms with Gasteiger partial charge in [-0.3, -0.25) is 0 Å². The van der Waals surface area contributed by atoms with Crippen molar-refractivity contribution in [3.63, 3.8) is 0 Å². The van der Waals surface area contributed by atoms with E-state index in [0.29, 0.717) is 5.69 Å². The van der Waals surface area contributed by atoms with Crippen LogP contribution in [-0.4, -0.2) is 15.0 Å². The molecule has 16 heavy (non-hydrogen) atoms. The molecule has 1 atom stereocenters. The minimum absolute atomic E-state index is 0.160. The molecule has 0 spiro atoms. The molecule has 0 saturated carbocycles. The fourth-order valence-corrected chi connectivity index (χ4v) is 1.99. The molecule has 1 heterocycles. The van der Waals surface area contributed by atoms with E-state index in [-0.39, 0.29) is 11.9 Å². The van der Waals surface area contributed by atoms with Crippen LogP contribution in [0.15, 0.2) is 24.4 Å². The summed E-state index contributed by atoms with van der Waals surface area (Å²) in [4.78, 5) is 0. The van der Waals surface area contributed by atoms with Crippen molar-refractivity contribution in [1.29, 1.82) is 0 Å². The molecule has 1 unspecified atom stereocenters. The number of rotatable bonds is 2. The molecule has 2 aromatic rings. The second-order valence-corrected chi connectivity index (χ2v) is 4.63. The number of halogens is 2. The van der Waals surface area contributed by atoms with Gasteiger partial charge in [0.15, 0.2) is 0 Å². The summed E-state index contributed by atoms with van der Waals surface area (Å²) >= 11 is 2.06. The maximum atomic E-state index is 12.9. The zero-order valence-electron chi connectivity index (χ0n) is 8.56. The van der Waals surface area contributed by atoms with Crippen molar-refractivity contribution in [1.82, 2.24) is 15.0 Å². The van der Waals surface area contributed by atoms with Gasteiger partial charge in [0.1, 0.15) is 5.82 Å². The first kappa shape index (κ1) is 11.5. The third-order valence-corrected chi connectivity index (χ3v) is 3.00. The van der Waals surface area contributed by atoms with Gasteiger partial charge in [-0.2, -0.15) is 0 Å². The van der Waals surface area contributed by atoms with E-state index in [9.17, 15) is 4.39 Å². The maximum absolute atomic E-state index is 12.9. The highest BCUT2D eigenvalue weighted by atomic mass is 127. The standard InChI is InChI=1S/C10H10FIN4/c1-6(13)9-5-16(15-14-9)10-3-2-7(11)4-8(10)12/h2-6H,13H2,1H3. The maximum Gasteiger partial charge on any atom is 0.124 e. The molecule has 2 N–H and O–H groups in total. The summed E-state index contributed by atoms with van der Waals surface area (Å²) in [6.45, 7) is 1.84. The van der Waals surface area contributed by atoms with Crippen LogP contribution in [0.4, 0.5) is 4.39 Å². The zero-order valence-corrected chi connectivity index (χ0v) is 10.7. The Balaban J connectivity index is 2.42. The molecule has 0 fully saturated rings. The highest BCUT2D eigenvalue weighted by Gasteiger charge is 2.09. The number of nitrogens with zero attached hydrogens (tertiary/aromatic N) is 3. The van der Waals surface area contributed by atoms with Crippen LogP contribution < -0.4 is 5.73 Å². The first-order chi connectivity index (χ1) is 7.58. The molecule has 1 aromatic carbocycles. The minimum Gasteiger partial charge on any atom is -0.323 e. The summed E-state index contributed by atoms with van der Waals surface area (Å²) in [6, 6.07) is 4.34. The third-order valence-electron chi connectivity index (χ3n) is 2.13. The largest absolute Gasteiger partial charge is 0.323 e. The number of hydrogen-bond acceptors (Lipinski definition) is 3. The average Bonchev–Trinajstić information content (AvgIpc) is 2.66. The lowest BCUT2D eigenvalue weighted by atomic mass is 10.3. The Morgan fingerprint density at radius 3 is 2.81 bits per heavy atom. The van der Waals surface area contributed by atoms with Gasteiger partial charge in [0, 0.05) is 9.61 Å². The van der Waals surface area contributed by atoms with Crippen molar-refractivity contribution >= 4 is 22.6 Å². The van der Waals surface area contributed by atoms with Gasteiger partial charge in [-0.25, -0.2) is 9.07 Å². The van der Waals surface area contributed by atoms with E-state index in [1.165, 1.54) is 12.1 Å². The van der Waals surface area contributed by atoms with Crippen molar-refractivity contribution in [2.75, 3.05) is 0 Å². The lowest BCUT2D eigenvalue weighted by molar-refractivity contribution is 0.625. The molecule has 0 aliphatic carbocycles. The number of benzene rings is 1. The molecule has 6 heteroatoms. The smallest absolute Gasteiger partial charge is 0.124 e. The fourth-order valence-electron chi connectivity index (χ4n) is 1.27. The first-order valence-electron chi connectivity index (χ1n) is 4.71. The van der Waals surface area contributed by atoms with Crippen LogP contribution in [0.3, 0.4) is 0 Å². The number of aromatic nitrogens is 3. The Hall–Kier alpha value is -1.02. The van der Waals surface area contributed by atoms with E-state index in [0.717, 1.165) is 9.26 Å². The molecule has 0 bridgehead atoms.